The summed E-state index contributed by atoms with van der Waals surface area (Å²) < 4.78 is 16.8. The van der Waals surface area contributed by atoms with Crippen LogP contribution in [-0.4, -0.2) is 37.2 Å². The highest BCUT2D eigenvalue weighted by Gasteiger charge is 2.19. The molecule has 0 heterocycles. The molecule has 0 N–H and O–H groups in total. The summed E-state index contributed by atoms with van der Waals surface area (Å²) in [6.45, 7) is 11.4. The minimum absolute atomic E-state index is 0.0633. The number of carbonyl (C=O) groups excluding carboxylic acids is 3. The number of hydrogen-bond donors (Lipinski definition) is 0. The lowest BCUT2D eigenvalue weighted by atomic mass is 10.0. The molecule has 0 fully saturated rings. The molecule has 0 unspecified atom stereocenters. The zero-order valence-corrected chi connectivity index (χ0v) is 42.5. The van der Waals surface area contributed by atoms with Crippen molar-refractivity contribution in [2.24, 2.45) is 11.8 Å². The van der Waals surface area contributed by atoms with Crippen LogP contribution in [0.1, 0.15) is 311 Å². The van der Waals surface area contributed by atoms with E-state index >= 15 is 0 Å². The van der Waals surface area contributed by atoms with Crippen LogP contribution in [0.15, 0.2) is 0 Å². The molecular formula is C56H108O6. The Bertz CT molecular complexity index is 947. The van der Waals surface area contributed by atoms with Crippen LogP contribution in [0.4, 0.5) is 0 Å². The van der Waals surface area contributed by atoms with Crippen molar-refractivity contribution in [1.82, 2.24) is 0 Å². The van der Waals surface area contributed by atoms with Gasteiger partial charge in [0.1, 0.15) is 13.2 Å². The van der Waals surface area contributed by atoms with Crippen molar-refractivity contribution in [3.63, 3.8) is 0 Å². The summed E-state index contributed by atoms with van der Waals surface area (Å²) >= 11 is 0. The van der Waals surface area contributed by atoms with Crippen molar-refractivity contribution in [3.05, 3.63) is 0 Å². The molecule has 62 heavy (non-hydrogen) atoms. The number of rotatable bonds is 50. The number of hydrogen-bond acceptors (Lipinski definition) is 6. The Morgan fingerprint density at radius 3 is 0.790 bits per heavy atom. The smallest absolute Gasteiger partial charge is 0.306 e. The third kappa shape index (κ3) is 49.4. The van der Waals surface area contributed by atoms with Gasteiger partial charge in [0, 0.05) is 19.3 Å². The Kier molecular flexibility index (Phi) is 47.6. The van der Waals surface area contributed by atoms with Crippen molar-refractivity contribution in [1.29, 1.82) is 0 Å². The van der Waals surface area contributed by atoms with E-state index < -0.39 is 6.10 Å². The summed E-state index contributed by atoms with van der Waals surface area (Å²) in [6.07, 6.45) is 50.9. The lowest BCUT2D eigenvalue weighted by Crippen LogP contribution is -2.30. The minimum atomic E-state index is -0.762. The maximum absolute atomic E-state index is 12.8. The standard InChI is InChI=1S/C56H108O6/c1-6-7-8-9-10-11-12-17-21-26-31-36-41-46-54(57)60-49-53(62-56(59)48-43-38-33-28-23-25-30-35-40-45-52(4)5)50-61-55(58)47-42-37-32-27-22-19-16-14-13-15-18-20-24-29-34-39-44-51(2)3/h51-53H,6-50H2,1-5H3/t53-/m1/s1. The second-order valence-electron chi connectivity index (χ2n) is 20.2. The van der Waals surface area contributed by atoms with E-state index in [-0.39, 0.29) is 31.1 Å². The van der Waals surface area contributed by atoms with Gasteiger partial charge in [0.05, 0.1) is 0 Å². The highest BCUT2D eigenvalue weighted by Crippen LogP contribution is 2.18. The monoisotopic (exact) mass is 877 g/mol. The van der Waals surface area contributed by atoms with Gasteiger partial charge < -0.3 is 14.2 Å². The first-order valence-corrected chi connectivity index (χ1v) is 27.7. The first-order chi connectivity index (χ1) is 30.2. The van der Waals surface area contributed by atoms with Crippen molar-refractivity contribution in [2.45, 2.75) is 317 Å². The van der Waals surface area contributed by atoms with E-state index in [0.29, 0.717) is 19.3 Å². The predicted octanol–water partition coefficient (Wildman–Crippen LogP) is 18.1. The van der Waals surface area contributed by atoms with Crippen molar-refractivity contribution >= 4 is 17.9 Å². The molecule has 0 spiro atoms. The fourth-order valence-electron chi connectivity index (χ4n) is 8.52. The SMILES string of the molecule is CCCCCCCCCCCCCCCC(=O)OC[C@H](COC(=O)CCCCCCCCCCCCCCCCCCC(C)C)OC(=O)CCCCCCCCCCCC(C)C. The lowest BCUT2D eigenvalue weighted by Gasteiger charge is -2.18. The topological polar surface area (TPSA) is 78.9 Å². The third-order valence-corrected chi connectivity index (χ3v) is 12.7. The predicted molar refractivity (Wildman–Crippen MR) is 266 cm³/mol. The Morgan fingerprint density at radius 2 is 0.532 bits per heavy atom. The number of unbranched alkanes of at least 4 members (excludes halogenated alkanes) is 35. The van der Waals surface area contributed by atoms with Crippen LogP contribution in [-0.2, 0) is 28.6 Å². The fraction of sp³-hybridized carbons (Fsp3) is 0.946. The van der Waals surface area contributed by atoms with Gasteiger partial charge in [0.15, 0.2) is 6.10 Å². The normalized spacial score (nSPS) is 12.0. The highest BCUT2D eigenvalue weighted by molar-refractivity contribution is 5.71. The van der Waals surface area contributed by atoms with Gasteiger partial charge in [-0.1, -0.05) is 272 Å². The molecule has 6 nitrogen and oxygen atoms in total. The van der Waals surface area contributed by atoms with Crippen LogP contribution < -0.4 is 0 Å². The molecule has 1 atom stereocenters. The van der Waals surface area contributed by atoms with E-state index in [4.69, 9.17) is 14.2 Å². The average molecular weight is 877 g/mol. The van der Waals surface area contributed by atoms with Crippen LogP contribution in [0.3, 0.4) is 0 Å². The van der Waals surface area contributed by atoms with Gasteiger partial charge in [-0.05, 0) is 31.1 Å². The van der Waals surface area contributed by atoms with Crippen LogP contribution in [0.5, 0.6) is 0 Å². The molecule has 0 radical (unpaired) electrons. The van der Waals surface area contributed by atoms with Gasteiger partial charge in [-0.2, -0.15) is 0 Å². The molecule has 0 aromatic carbocycles. The van der Waals surface area contributed by atoms with Gasteiger partial charge in [-0.15, -0.1) is 0 Å². The van der Waals surface area contributed by atoms with E-state index in [2.05, 4.69) is 34.6 Å². The Hall–Kier alpha value is -1.59. The molecule has 6 heteroatoms. The van der Waals surface area contributed by atoms with Crippen LogP contribution in [0, 0.1) is 11.8 Å². The van der Waals surface area contributed by atoms with Crippen LogP contribution >= 0.6 is 0 Å². The third-order valence-electron chi connectivity index (χ3n) is 12.7. The Balaban J connectivity index is 4.25. The van der Waals surface area contributed by atoms with E-state index in [1.54, 1.807) is 0 Å². The summed E-state index contributed by atoms with van der Waals surface area (Å²) in [5, 5.41) is 0. The zero-order chi connectivity index (χ0) is 45.4. The summed E-state index contributed by atoms with van der Waals surface area (Å²) in [7, 11) is 0. The van der Waals surface area contributed by atoms with Gasteiger partial charge in [-0.25, -0.2) is 0 Å². The van der Waals surface area contributed by atoms with E-state index in [9.17, 15) is 14.4 Å². The van der Waals surface area contributed by atoms with Gasteiger partial charge >= 0.3 is 17.9 Å². The average Bonchev–Trinajstić information content (AvgIpc) is 3.24. The fourth-order valence-corrected chi connectivity index (χ4v) is 8.52. The maximum Gasteiger partial charge on any atom is 0.306 e. The molecule has 0 bridgehead atoms. The first kappa shape index (κ1) is 60.4. The number of carbonyl (C=O) groups is 3. The number of ether oxygens (including phenoxy) is 3. The van der Waals surface area contributed by atoms with E-state index in [1.807, 2.05) is 0 Å². The Morgan fingerprint density at radius 1 is 0.306 bits per heavy atom. The minimum Gasteiger partial charge on any atom is -0.462 e. The van der Waals surface area contributed by atoms with E-state index in [0.717, 1.165) is 69.6 Å². The molecule has 0 aromatic heterocycles. The van der Waals surface area contributed by atoms with Crippen molar-refractivity contribution < 1.29 is 28.6 Å². The maximum atomic E-state index is 12.8. The lowest BCUT2D eigenvalue weighted by molar-refractivity contribution is -0.167. The van der Waals surface area contributed by atoms with Crippen molar-refractivity contribution in [3.8, 4) is 0 Å². The summed E-state index contributed by atoms with van der Waals surface area (Å²) in [5.74, 6) is 0.815. The van der Waals surface area contributed by atoms with Gasteiger partial charge in [-0.3, -0.25) is 14.4 Å². The van der Waals surface area contributed by atoms with Crippen molar-refractivity contribution in [2.75, 3.05) is 13.2 Å². The first-order valence-electron chi connectivity index (χ1n) is 27.7. The molecule has 0 amide bonds. The summed E-state index contributed by atoms with van der Waals surface area (Å²) in [5.41, 5.74) is 0. The van der Waals surface area contributed by atoms with E-state index in [1.165, 1.54) is 199 Å². The molecular weight excluding hydrogens is 769 g/mol. The van der Waals surface area contributed by atoms with Crippen LogP contribution in [0.2, 0.25) is 0 Å². The Labute approximate surface area is 387 Å². The summed E-state index contributed by atoms with van der Waals surface area (Å²) in [4.78, 5) is 38.0. The zero-order valence-electron chi connectivity index (χ0n) is 42.5. The molecule has 368 valence electrons. The largest absolute Gasteiger partial charge is 0.462 e. The molecule has 0 rings (SSSR count). The highest BCUT2D eigenvalue weighted by atomic mass is 16.6. The van der Waals surface area contributed by atoms with Gasteiger partial charge in [0.25, 0.3) is 0 Å². The molecule has 0 aromatic rings. The van der Waals surface area contributed by atoms with Crippen LogP contribution in [0.25, 0.3) is 0 Å². The molecule has 0 aliphatic heterocycles. The molecule has 0 saturated heterocycles. The second kappa shape index (κ2) is 48.9. The molecule has 0 aliphatic rings. The summed E-state index contributed by atoms with van der Waals surface area (Å²) in [6, 6.07) is 0. The number of esters is 3. The molecule has 0 aliphatic carbocycles. The molecule has 0 saturated carbocycles. The van der Waals surface area contributed by atoms with Gasteiger partial charge in [0.2, 0.25) is 0 Å². The quantitative estimate of drug-likeness (QED) is 0.0344. The second-order valence-corrected chi connectivity index (χ2v) is 20.2.